The minimum absolute atomic E-state index is 0.0100. The molecule has 0 saturated carbocycles. The fourth-order valence-corrected chi connectivity index (χ4v) is 1.92. The molecular weight excluding hydrogens is 208 g/mol. The van der Waals surface area contributed by atoms with Gasteiger partial charge in [0.25, 0.3) is 0 Å². The normalized spacial score (nSPS) is 21.8. The van der Waals surface area contributed by atoms with Crippen molar-refractivity contribution in [3.63, 3.8) is 0 Å². The molecule has 1 aliphatic heterocycles. The van der Waals surface area contributed by atoms with Gasteiger partial charge in [-0.15, -0.1) is 0 Å². The number of carboxylic acids is 1. The predicted octanol–water partition coefficient (Wildman–Crippen LogP) is 0.308. The summed E-state index contributed by atoms with van der Waals surface area (Å²) in [6, 6.07) is -0.0100. The van der Waals surface area contributed by atoms with Gasteiger partial charge in [0, 0.05) is 12.6 Å². The Balaban J connectivity index is 2.66. The third-order valence-electron chi connectivity index (χ3n) is 3.12. The van der Waals surface area contributed by atoms with Crippen LogP contribution in [0.5, 0.6) is 0 Å². The second kappa shape index (κ2) is 5.84. The van der Waals surface area contributed by atoms with E-state index < -0.39 is 5.97 Å². The van der Waals surface area contributed by atoms with E-state index in [1.807, 2.05) is 13.8 Å². The monoisotopic (exact) mass is 228 g/mol. The number of rotatable bonds is 5. The van der Waals surface area contributed by atoms with Crippen LogP contribution < -0.4 is 5.32 Å². The molecule has 5 heteroatoms. The number of hydrogen-bond acceptors (Lipinski definition) is 3. The molecule has 2 atom stereocenters. The molecular formula is C11H20N2O3. The predicted molar refractivity (Wildman–Crippen MR) is 60.1 cm³/mol. The van der Waals surface area contributed by atoms with Crippen LogP contribution in [0, 0.1) is 5.92 Å². The Morgan fingerprint density at radius 1 is 1.56 bits per heavy atom. The average Bonchev–Trinajstić information content (AvgIpc) is 2.77. The molecule has 0 radical (unpaired) electrons. The fourth-order valence-electron chi connectivity index (χ4n) is 1.92. The van der Waals surface area contributed by atoms with E-state index in [0.717, 1.165) is 19.4 Å². The first-order chi connectivity index (χ1) is 7.56. The summed E-state index contributed by atoms with van der Waals surface area (Å²) in [5, 5.41) is 11.9. The zero-order valence-corrected chi connectivity index (χ0v) is 9.90. The van der Waals surface area contributed by atoms with Gasteiger partial charge in [-0.1, -0.05) is 6.92 Å². The molecule has 2 unspecified atom stereocenters. The number of nitrogens with one attached hydrogen (secondary N) is 1. The molecule has 2 N–H and O–H groups in total. The second-order valence-electron chi connectivity index (χ2n) is 4.31. The van der Waals surface area contributed by atoms with Gasteiger partial charge in [-0.05, 0) is 26.3 Å². The van der Waals surface area contributed by atoms with Gasteiger partial charge in [-0.25, -0.2) is 0 Å². The molecule has 0 aromatic carbocycles. The number of carboxylic acid groups (broad SMARTS) is 1. The molecule has 5 nitrogen and oxygen atoms in total. The lowest BCUT2D eigenvalue weighted by Crippen LogP contribution is -2.45. The van der Waals surface area contributed by atoms with Gasteiger partial charge in [0.1, 0.15) is 6.54 Å². The van der Waals surface area contributed by atoms with E-state index in [1.54, 1.807) is 0 Å². The summed E-state index contributed by atoms with van der Waals surface area (Å²) in [6.45, 7) is 5.18. The van der Waals surface area contributed by atoms with E-state index >= 15 is 0 Å². The lowest BCUT2D eigenvalue weighted by Gasteiger charge is -2.29. The van der Waals surface area contributed by atoms with E-state index in [1.165, 1.54) is 4.90 Å². The minimum Gasteiger partial charge on any atom is -0.480 e. The van der Waals surface area contributed by atoms with Crippen LogP contribution in [0.4, 0.5) is 0 Å². The van der Waals surface area contributed by atoms with Crippen molar-refractivity contribution in [3.8, 4) is 0 Å². The first kappa shape index (κ1) is 13.0. The van der Waals surface area contributed by atoms with Crippen molar-refractivity contribution in [1.29, 1.82) is 0 Å². The molecule has 1 heterocycles. The first-order valence-corrected chi connectivity index (χ1v) is 5.79. The quantitative estimate of drug-likeness (QED) is 0.710. The highest BCUT2D eigenvalue weighted by Crippen LogP contribution is 2.15. The highest BCUT2D eigenvalue weighted by Gasteiger charge is 2.30. The molecule has 1 rings (SSSR count). The van der Waals surface area contributed by atoms with Crippen LogP contribution in [-0.4, -0.2) is 47.6 Å². The van der Waals surface area contributed by atoms with Crippen LogP contribution in [-0.2, 0) is 9.59 Å². The zero-order valence-electron chi connectivity index (χ0n) is 9.90. The molecule has 1 fully saturated rings. The summed E-state index contributed by atoms with van der Waals surface area (Å²) in [4.78, 5) is 24.3. The van der Waals surface area contributed by atoms with Gasteiger partial charge in [-0.2, -0.15) is 0 Å². The maximum absolute atomic E-state index is 12.1. The Morgan fingerprint density at radius 2 is 2.25 bits per heavy atom. The molecule has 0 aromatic rings. The topological polar surface area (TPSA) is 69.6 Å². The number of carbonyl (C=O) groups is 2. The standard InChI is InChI=1S/C11H20N2O3/c1-3-8(2)13(7-10(14)15)11(16)9-4-5-12-6-9/h8-9,12H,3-7H2,1-2H3,(H,14,15). The van der Waals surface area contributed by atoms with Crippen molar-refractivity contribution in [2.45, 2.75) is 32.7 Å². The molecule has 1 saturated heterocycles. The summed E-state index contributed by atoms with van der Waals surface area (Å²) in [6.07, 6.45) is 1.59. The molecule has 1 aliphatic rings. The van der Waals surface area contributed by atoms with Crippen molar-refractivity contribution in [1.82, 2.24) is 10.2 Å². The SMILES string of the molecule is CCC(C)N(CC(=O)O)C(=O)C1CCNC1. The summed E-state index contributed by atoms with van der Waals surface area (Å²) in [5.74, 6) is -1.02. The summed E-state index contributed by atoms with van der Waals surface area (Å²) in [7, 11) is 0. The van der Waals surface area contributed by atoms with Gasteiger partial charge in [0.15, 0.2) is 0 Å². The molecule has 1 amide bonds. The lowest BCUT2D eigenvalue weighted by atomic mass is 10.1. The van der Waals surface area contributed by atoms with Crippen molar-refractivity contribution >= 4 is 11.9 Å². The van der Waals surface area contributed by atoms with Crippen molar-refractivity contribution in [2.75, 3.05) is 19.6 Å². The molecule has 0 aromatic heterocycles. The van der Waals surface area contributed by atoms with Crippen LogP contribution in [0.15, 0.2) is 0 Å². The zero-order chi connectivity index (χ0) is 12.1. The maximum Gasteiger partial charge on any atom is 0.323 e. The average molecular weight is 228 g/mol. The highest BCUT2D eigenvalue weighted by molar-refractivity contribution is 5.83. The van der Waals surface area contributed by atoms with E-state index in [0.29, 0.717) is 6.54 Å². The Hall–Kier alpha value is -1.10. The Labute approximate surface area is 95.8 Å². The van der Waals surface area contributed by atoms with Gasteiger partial charge >= 0.3 is 5.97 Å². The molecule has 0 aliphatic carbocycles. The molecule has 0 bridgehead atoms. The summed E-state index contributed by atoms with van der Waals surface area (Å²) >= 11 is 0. The van der Waals surface area contributed by atoms with Crippen molar-refractivity contribution in [3.05, 3.63) is 0 Å². The number of hydrogen-bond donors (Lipinski definition) is 2. The van der Waals surface area contributed by atoms with E-state index in [4.69, 9.17) is 5.11 Å². The Kier molecular flexibility index (Phi) is 4.73. The van der Waals surface area contributed by atoms with E-state index in [-0.39, 0.29) is 24.4 Å². The third-order valence-corrected chi connectivity index (χ3v) is 3.12. The lowest BCUT2D eigenvalue weighted by molar-refractivity contribution is -0.147. The van der Waals surface area contributed by atoms with Crippen molar-refractivity contribution < 1.29 is 14.7 Å². The van der Waals surface area contributed by atoms with Gasteiger partial charge in [0.2, 0.25) is 5.91 Å². The molecule has 0 spiro atoms. The smallest absolute Gasteiger partial charge is 0.323 e. The maximum atomic E-state index is 12.1. The van der Waals surface area contributed by atoms with Crippen LogP contribution in [0.3, 0.4) is 0 Å². The summed E-state index contributed by atoms with van der Waals surface area (Å²) < 4.78 is 0. The van der Waals surface area contributed by atoms with Crippen LogP contribution >= 0.6 is 0 Å². The number of carbonyl (C=O) groups excluding carboxylic acids is 1. The van der Waals surface area contributed by atoms with Gasteiger partial charge < -0.3 is 15.3 Å². The Bertz CT molecular complexity index is 262. The van der Waals surface area contributed by atoms with Gasteiger partial charge in [-0.3, -0.25) is 9.59 Å². The largest absolute Gasteiger partial charge is 0.480 e. The Morgan fingerprint density at radius 3 is 2.69 bits per heavy atom. The first-order valence-electron chi connectivity index (χ1n) is 5.79. The highest BCUT2D eigenvalue weighted by atomic mass is 16.4. The van der Waals surface area contributed by atoms with E-state index in [9.17, 15) is 9.59 Å². The third kappa shape index (κ3) is 3.20. The minimum atomic E-state index is -0.945. The van der Waals surface area contributed by atoms with Crippen LogP contribution in [0.1, 0.15) is 26.7 Å². The summed E-state index contributed by atoms with van der Waals surface area (Å²) in [5.41, 5.74) is 0. The number of nitrogens with zero attached hydrogens (tertiary/aromatic N) is 1. The molecule has 92 valence electrons. The fraction of sp³-hybridized carbons (Fsp3) is 0.818. The van der Waals surface area contributed by atoms with E-state index in [2.05, 4.69) is 5.32 Å². The van der Waals surface area contributed by atoms with Crippen molar-refractivity contribution in [2.24, 2.45) is 5.92 Å². The molecule has 16 heavy (non-hydrogen) atoms. The van der Waals surface area contributed by atoms with Gasteiger partial charge in [0.05, 0.1) is 5.92 Å². The number of aliphatic carboxylic acids is 1. The van der Waals surface area contributed by atoms with Crippen LogP contribution in [0.2, 0.25) is 0 Å². The van der Waals surface area contributed by atoms with Crippen LogP contribution in [0.25, 0.3) is 0 Å². The number of amides is 1. The second-order valence-corrected chi connectivity index (χ2v) is 4.31.